The third-order valence-corrected chi connectivity index (χ3v) is 2.17. The van der Waals surface area contributed by atoms with Crippen LogP contribution in [-0.2, 0) is 20.9 Å². The van der Waals surface area contributed by atoms with Crippen molar-refractivity contribution in [1.29, 1.82) is 0 Å². The lowest BCUT2D eigenvalue weighted by atomic mass is 10.2. The summed E-state index contributed by atoms with van der Waals surface area (Å²) in [5.41, 5.74) is 1.13. The van der Waals surface area contributed by atoms with Gasteiger partial charge < -0.3 is 9.47 Å². The summed E-state index contributed by atoms with van der Waals surface area (Å²) in [4.78, 5) is 10.7. The minimum atomic E-state index is -0.273. The molecule has 0 saturated heterocycles. The second-order valence-corrected chi connectivity index (χ2v) is 3.96. The number of carbonyl (C=O) groups is 1. The fourth-order valence-electron chi connectivity index (χ4n) is 1.39. The Morgan fingerprint density at radius 1 is 1.28 bits per heavy atom. The van der Waals surface area contributed by atoms with Crippen molar-refractivity contribution in [2.24, 2.45) is 0 Å². The molecule has 0 spiro atoms. The number of ether oxygens (including phenoxy) is 2. The Hall–Kier alpha value is -1.79. The minimum absolute atomic E-state index is 0.163. The van der Waals surface area contributed by atoms with Gasteiger partial charge in [0.25, 0.3) is 0 Å². The molecule has 0 amide bonds. The molecule has 0 aliphatic carbocycles. The largest absolute Gasteiger partial charge is 0.462 e. The first kappa shape index (κ1) is 14.3. The number of rotatable bonds is 5. The van der Waals surface area contributed by atoms with Crippen LogP contribution in [0.1, 0.15) is 25.8 Å². The van der Waals surface area contributed by atoms with Crippen LogP contribution in [0.2, 0.25) is 0 Å². The highest BCUT2D eigenvalue weighted by Crippen LogP contribution is 2.00. The fourth-order valence-corrected chi connectivity index (χ4v) is 1.39. The third kappa shape index (κ3) is 6.72. The van der Waals surface area contributed by atoms with Crippen molar-refractivity contribution in [2.45, 2.75) is 33.0 Å². The van der Waals surface area contributed by atoms with E-state index in [4.69, 9.17) is 9.47 Å². The van der Waals surface area contributed by atoms with Gasteiger partial charge in [0.1, 0.15) is 12.7 Å². The highest BCUT2D eigenvalue weighted by Gasteiger charge is 2.01. The van der Waals surface area contributed by atoms with Gasteiger partial charge in [0.2, 0.25) is 0 Å². The maximum atomic E-state index is 10.7. The number of carbonyl (C=O) groups excluding carboxylic acids is 1. The topological polar surface area (TPSA) is 35.5 Å². The Morgan fingerprint density at radius 2 is 2.00 bits per heavy atom. The lowest BCUT2D eigenvalue weighted by molar-refractivity contribution is -0.145. The minimum Gasteiger partial charge on any atom is -0.462 e. The molecule has 1 aromatic carbocycles. The summed E-state index contributed by atoms with van der Waals surface area (Å²) in [7, 11) is 0. The van der Waals surface area contributed by atoms with Crippen LogP contribution >= 0.6 is 0 Å². The summed E-state index contributed by atoms with van der Waals surface area (Å²) >= 11 is 0. The van der Waals surface area contributed by atoms with E-state index in [1.165, 1.54) is 6.92 Å². The second-order valence-electron chi connectivity index (χ2n) is 3.96. The Morgan fingerprint density at radius 3 is 2.67 bits per heavy atom. The zero-order valence-electron chi connectivity index (χ0n) is 10.8. The quantitative estimate of drug-likeness (QED) is 0.455. The van der Waals surface area contributed by atoms with E-state index < -0.39 is 0 Å². The van der Waals surface area contributed by atoms with Crippen LogP contribution < -0.4 is 0 Å². The molecular weight excluding hydrogens is 228 g/mol. The van der Waals surface area contributed by atoms with E-state index >= 15 is 0 Å². The van der Waals surface area contributed by atoms with Crippen molar-refractivity contribution in [2.75, 3.05) is 6.61 Å². The van der Waals surface area contributed by atoms with Gasteiger partial charge in [0.15, 0.2) is 0 Å². The normalized spacial score (nSPS) is 11.2. The maximum Gasteiger partial charge on any atom is 0.302 e. The van der Waals surface area contributed by atoms with E-state index in [-0.39, 0.29) is 12.1 Å². The van der Waals surface area contributed by atoms with Crippen molar-refractivity contribution in [3.63, 3.8) is 0 Å². The Bertz CT molecular complexity index is 414. The molecule has 0 bridgehead atoms. The summed E-state index contributed by atoms with van der Waals surface area (Å²) < 4.78 is 10.3. The first-order valence-corrected chi connectivity index (χ1v) is 5.93. The number of hydrogen-bond donors (Lipinski definition) is 0. The molecule has 0 saturated carbocycles. The SMILES string of the molecule is CC(=O)OC(C)CC#CCOCc1ccccc1. The van der Waals surface area contributed by atoms with Gasteiger partial charge in [-0.05, 0) is 12.5 Å². The molecular formula is C15H18O3. The number of hydrogen-bond acceptors (Lipinski definition) is 3. The standard InChI is InChI=1S/C15H18O3/c1-13(18-14(2)16)8-6-7-11-17-12-15-9-4-3-5-10-15/h3-5,9-10,13H,8,11-12H2,1-2H3. The smallest absolute Gasteiger partial charge is 0.302 e. The fraction of sp³-hybridized carbons (Fsp3) is 0.400. The number of esters is 1. The molecule has 96 valence electrons. The third-order valence-electron chi connectivity index (χ3n) is 2.17. The monoisotopic (exact) mass is 246 g/mol. The zero-order chi connectivity index (χ0) is 13.2. The summed E-state index contributed by atoms with van der Waals surface area (Å²) in [5.74, 6) is 5.55. The van der Waals surface area contributed by atoms with Crippen LogP contribution in [0.15, 0.2) is 30.3 Å². The molecule has 3 nitrogen and oxygen atoms in total. The molecule has 1 aromatic rings. The first-order chi connectivity index (χ1) is 8.68. The molecule has 1 rings (SSSR count). The van der Waals surface area contributed by atoms with Crippen LogP contribution in [0.5, 0.6) is 0 Å². The van der Waals surface area contributed by atoms with Crippen molar-refractivity contribution in [1.82, 2.24) is 0 Å². The molecule has 18 heavy (non-hydrogen) atoms. The summed E-state index contributed by atoms with van der Waals surface area (Å²) in [6.45, 7) is 4.17. The van der Waals surface area contributed by atoms with Crippen molar-refractivity contribution < 1.29 is 14.3 Å². The first-order valence-electron chi connectivity index (χ1n) is 5.93. The van der Waals surface area contributed by atoms with Gasteiger partial charge in [-0.2, -0.15) is 0 Å². The van der Waals surface area contributed by atoms with Crippen LogP contribution in [0.4, 0.5) is 0 Å². The van der Waals surface area contributed by atoms with Gasteiger partial charge in [-0.25, -0.2) is 0 Å². The Balaban J connectivity index is 2.13. The van der Waals surface area contributed by atoms with Gasteiger partial charge in [-0.1, -0.05) is 42.2 Å². The van der Waals surface area contributed by atoms with Crippen molar-refractivity contribution >= 4 is 5.97 Å². The molecule has 0 aromatic heterocycles. The second kappa shape index (κ2) is 8.32. The van der Waals surface area contributed by atoms with E-state index in [1.807, 2.05) is 37.3 Å². The van der Waals surface area contributed by atoms with Crippen molar-refractivity contribution in [3.05, 3.63) is 35.9 Å². The average molecular weight is 246 g/mol. The summed E-state index contributed by atoms with van der Waals surface area (Å²) in [5, 5.41) is 0. The van der Waals surface area contributed by atoms with Gasteiger partial charge in [-0.3, -0.25) is 4.79 Å². The summed E-state index contributed by atoms with van der Waals surface area (Å²) in [6.07, 6.45) is 0.373. The highest BCUT2D eigenvalue weighted by atomic mass is 16.5. The lowest BCUT2D eigenvalue weighted by Gasteiger charge is -2.06. The zero-order valence-corrected chi connectivity index (χ0v) is 10.8. The van der Waals surface area contributed by atoms with E-state index in [1.54, 1.807) is 0 Å². The predicted octanol–water partition coefficient (Wildman–Crippen LogP) is 2.55. The van der Waals surface area contributed by atoms with Crippen molar-refractivity contribution in [3.8, 4) is 11.8 Å². The highest BCUT2D eigenvalue weighted by molar-refractivity contribution is 5.66. The maximum absolute atomic E-state index is 10.7. The molecule has 0 heterocycles. The van der Waals surface area contributed by atoms with Crippen LogP contribution in [0, 0.1) is 11.8 Å². The number of benzene rings is 1. The average Bonchev–Trinajstić information content (AvgIpc) is 2.34. The lowest BCUT2D eigenvalue weighted by Crippen LogP contribution is -2.10. The molecule has 0 fully saturated rings. The molecule has 0 radical (unpaired) electrons. The molecule has 0 N–H and O–H groups in total. The molecule has 1 unspecified atom stereocenters. The van der Waals surface area contributed by atoms with Gasteiger partial charge in [0.05, 0.1) is 6.61 Å². The summed E-state index contributed by atoms with van der Waals surface area (Å²) in [6, 6.07) is 9.95. The molecule has 3 heteroatoms. The van der Waals surface area contributed by atoms with E-state index in [0.29, 0.717) is 19.6 Å². The molecule has 1 atom stereocenters. The van der Waals surface area contributed by atoms with Gasteiger partial charge >= 0.3 is 5.97 Å². The molecule has 0 aliphatic rings. The van der Waals surface area contributed by atoms with Crippen LogP contribution in [-0.4, -0.2) is 18.7 Å². The van der Waals surface area contributed by atoms with E-state index in [9.17, 15) is 4.79 Å². The molecule has 0 aliphatic heterocycles. The predicted molar refractivity (Wildman–Crippen MR) is 69.7 cm³/mol. The van der Waals surface area contributed by atoms with Crippen LogP contribution in [0.25, 0.3) is 0 Å². The Labute approximate surface area is 108 Å². The Kier molecular flexibility index (Phi) is 6.60. The van der Waals surface area contributed by atoms with Gasteiger partial charge in [0, 0.05) is 13.3 Å². The van der Waals surface area contributed by atoms with Crippen LogP contribution in [0.3, 0.4) is 0 Å². The van der Waals surface area contributed by atoms with Gasteiger partial charge in [-0.15, -0.1) is 0 Å². The van der Waals surface area contributed by atoms with E-state index in [2.05, 4.69) is 11.8 Å². The van der Waals surface area contributed by atoms with E-state index in [0.717, 1.165) is 5.56 Å².